The quantitative estimate of drug-likeness (QED) is 0.850. The standard InChI is InChI=1S/C12H17NO.C3H4O2/c1-4-13(5-2)12(14)11-8-6-7-10(3)9-11;1-2-3(4)5/h6-9H,4-5H2,1-3H3;2H,1H2,(H,4,5). The van der Waals surface area contributed by atoms with Gasteiger partial charge in [0.05, 0.1) is 0 Å². The van der Waals surface area contributed by atoms with Crippen LogP contribution in [0.5, 0.6) is 0 Å². The number of nitrogens with zero attached hydrogens (tertiary/aromatic N) is 1. The van der Waals surface area contributed by atoms with Crippen LogP contribution >= 0.6 is 0 Å². The van der Waals surface area contributed by atoms with E-state index >= 15 is 0 Å². The smallest absolute Gasteiger partial charge is 0.327 e. The van der Waals surface area contributed by atoms with E-state index in [9.17, 15) is 9.59 Å². The summed E-state index contributed by atoms with van der Waals surface area (Å²) in [7, 11) is 0. The van der Waals surface area contributed by atoms with E-state index in [4.69, 9.17) is 5.11 Å². The highest BCUT2D eigenvalue weighted by atomic mass is 16.4. The van der Waals surface area contributed by atoms with Gasteiger partial charge in [-0.2, -0.15) is 0 Å². The van der Waals surface area contributed by atoms with Crippen LogP contribution in [-0.2, 0) is 4.79 Å². The van der Waals surface area contributed by atoms with Gasteiger partial charge in [0.25, 0.3) is 5.91 Å². The first kappa shape index (κ1) is 16.9. The Morgan fingerprint density at radius 2 is 1.84 bits per heavy atom. The summed E-state index contributed by atoms with van der Waals surface area (Å²) in [4.78, 5) is 23.0. The molecule has 4 heteroatoms. The highest BCUT2D eigenvalue weighted by Crippen LogP contribution is 2.07. The molecule has 0 aromatic heterocycles. The Morgan fingerprint density at radius 1 is 1.32 bits per heavy atom. The van der Waals surface area contributed by atoms with Gasteiger partial charge in [-0.15, -0.1) is 0 Å². The number of carboxylic acid groups (broad SMARTS) is 1. The Labute approximate surface area is 114 Å². The van der Waals surface area contributed by atoms with Gasteiger partial charge in [0.2, 0.25) is 0 Å². The van der Waals surface area contributed by atoms with Crippen LogP contribution in [0.3, 0.4) is 0 Å². The first-order valence-electron chi connectivity index (χ1n) is 6.17. The monoisotopic (exact) mass is 263 g/mol. The fourth-order valence-electron chi connectivity index (χ4n) is 1.47. The fraction of sp³-hybridized carbons (Fsp3) is 0.333. The third kappa shape index (κ3) is 6.41. The molecular formula is C15H21NO3. The second-order valence-corrected chi connectivity index (χ2v) is 3.89. The Kier molecular flexibility index (Phi) is 7.93. The van der Waals surface area contributed by atoms with Crippen molar-refractivity contribution in [2.45, 2.75) is 20.8 Å². The number of benzene rings is 1. The topological polar surface area (TPSA) is 57.6 Å². The lowest BCUT2D eigenvalue weighted by Crippen LogP contribution is -2.30. The molecule has 104 valence electrons. The van der Waals surface area contributed by atoms with Gasteiger partial charge >= 0.3 is 5.97 Å². The molecule has 0 saturated carbocycles. The minimum atomic E-state index is -0.981. The molecule has 1 aromatic rings. The number of carboxylic acids is 1. The zero-order chi connectivity index (χ0) is 14.8. The van der Waals surface area contributed by atoms with E-state index in [0.717, 1.165) is 30.3 Å². The largest absolute Gasteiger partial charge is 0.478 e. The van der Waals surface area contributed by atoms with Crippen molar-refractivity contribution in [2.24, 2.45) is 0 Å². The SMILES string of the molecule is C=CC(=O)O.CCN(CC)C(=O)c1cccc(C)c1. The van der Waals surface area contributed by atoms with Crippen molar-refractivity contribution >= 4 is 11.9 Å². The molecule has 0 saturated heterocycles. The number of amides is 1. The summed E-state index contributed by atoms with van der Waals surface area (Å²) < 4.78 is 0. The van der Waals surface area contributed by atoms with Gasteiger partial charge in [-0.05, 0) is 32.9 Å². The van der Waals surface area contributed by atoms with Crippen LogP contribution in [0.2, 0.25) is 0 Å². The summed E-state index contributed by atoms with van der Waals surface area (Å²) in [5, 5.41) is 7.60. The Morgan fingerprint density at radius 3 is 2.21 bits per heavy atom. The van der Waals surface area contributed by atoms with Gasteiger partial charge in [0, 0.05) is 24.7 Å². The summed E-state index contributed by atoms with van der Waals surface area (Å²) in [5.41, 5.74) is 1.91. The molecule has 1 rings (SSSR count). The van der Waals surface area contributed by atoms with Crippen LogP contribution in [0.4, 0.5) is 0 Å². The third-order valence-electron chi connectivity index (χ3n) is 2.49. The van der Waals surface area contributed by atoms with E-state index < -0.39 is 5.97 Å². The maximum absolute atomic E-state index is 11.9. The van der Waals surface area contributed by atoms with Gasteiger partial charge in [0.1, 0.15) is 0 Å². The molecular weight excluding hydrogens is 242 g/mol. The molecule has 19 heavy (non-hydrogen) atoms. The summed E-state index contributed by atoms with van der Waals surface area (Å²) >= 11 is 0. The molecule has 1 amide bonds. The molecule has 4 nitrogen and oxygen atoms in total. The molecule has 0 aliphatic carbocycles. The van der Waals surface area contributed by atoms with E-state index in [0.29, 0.717) is 0 Å². The van der Waals surface area contributed by atoms with Gasteiger partial charge in [0.15, 0.2) is 0 Å². The number of hydrogen-bond donors (Lipinski definition) is 1. The number of aryl methyl sites for hydroxylation is 1. The van der Waals surface area contributed by atoms with E-state index in [1.165, 1.54) is 0 Å². The highest BCUT2D eigenvalue weighted by Gasteiger charge is 2.11. The van der Waals surface area contributed by atoms with Crippen LogP contribution in [0.1, 0.15) is 29.8 Å². The third-order valence-corrected chi connectivity index (χ3v) is 2.49. The molecule has 1 aromatic carbocycles. The number of rotatable bonds is 4. The zero-order valence-electron chi connectivity index (χ0n) is 11.7. The van der Waals surface area contributed by atoms with Gasteiger partial charge in [-0.1, -0.05) is 24.3 Å². The summed E-state index contributed by atoms with van der Waals surface area (Å²) in [6.45, 7) is 10.5. The molecule has 0 aliphatic heterocycles. The van der Waals surface area contributed by atoms with Crippen LogP contribution in [-0.4, -0.2) is 35.0 Å². The summed E-state index contributed by atoms with van der Waals surface area (Å²) in [5.74, 6) is -0.858. The highest BCUT2D eigenvalue weighted by molar-refractivity contribution is 5.94. The lowest BCUT2D eigenvalue weighted by atomic mass is 10.1. The van der Waals surface area contributed by atoms with E-state index in [1.807, 2.05) is 49.9 Å². The molecule has 0 fully saturated rings. The Hall–Kier alpha value is -2.10. The van der Waals surface area contributed by atoms with Crippen molar-refractivity contribution in [1.82, 2.24) is 4.90 Å². The number of aliphatic carboxylic acids is 1. The van der Waals surface area contributed by atoms with Gasteiger partial charge < -0.3 is 10.0 Å². The van der Waals surface area contributed by atoms with Crippen molar-refractivity contribution in [3.05, 3.63) is 48.0 Å². The predicted octanol–water partition coefficient (Wildman–Crippen LogP) is 2.73. The normalized spacial score (nSPS) is 9.00. The van der Waals surface area contributed by atoms with E-state index in [2.05, 4.69) is 6.58 Å². The number of carbonyl (C=O) groups is 2. The molecule has 0 radical (unpaired) electrons. The maximum Gasteiger partial charge on any atom is 0.327 e. The average molecular weight is 263 g/mol. The van der Waals surface area contributed by atoms with Crippen LogP contribution < -0.4 is 0 Å². The van der Waals surface area contributed by atoms with Crippen LogP contribution in [0.15, 0.2) is 36.9 Å². The molecule has 0 heterocycles. The van der Waals surface area contributed by atoms with E-state index in [1.54, 1.807) is 0 Å². The second-order valence-electron chi connectivity index (χ2n) is 3.89. The minimum absolute atomic E-state index is 0.124. The fourth-order valence-corrected chi connectivity index (χ4v) is 1.47. The Bertz CT molecular complexity index is 437. The zero-order valence-corrected chi connectivity index (χ0v) is 11.7. The van der Waals surface area contributed by atoms with Crippen LogP contribution in [0, 0.1) is 6.92 Å². The minimum Gasteiger partial charge on any atom is -0.478 e. The van der Waals surface area contributed by atoms with Gasteiger partial charge in [-0.25, -0.2) is 4.79 Å². The first-order valence-corrected chi connectivity index (χ1v) is 6.17. The average Bonchev–Trinajstić information content (AvgIpc) is 2.40. The van der Waals surface area contributed by atoms with Crippen molar-refractivity contribution in [3.63, 3.8) is 0 Å². The number of hydrogen-bond acceptors (Lipinski definition) is 2. The Balaban J connectivity index is 0.000000555. The molecule has 0 unspecified atom stereocenters. The van der Waals surface area contributed by atoms with E-state index in [-0.39, 0.29) is 5.91 Å². The summed E-state index contributed by atoms with van der Waals surface area (Å²) in [6.07, 6.45) is 0.833. The first-order chi connectivity index (χ1) is 8.96. The lowest BCUT2D eigenvalue weighted by molar-refractivity contribution is -0.131. The molecule has 0 bridgehead atoms. The molecule has 0 spiro atoms. The van der Waals surface area contributed by atoms with Crippen molar-refractivity contribution < 1.29 is 14.7 Å². The molecule has 0 atom stereocenters. The van der Waals surface area contributed by atoms with Crippen molar-refractivity contribution in [1.29, 1.82) is 0 Å². The second kappa shape index (κ2) is 8.91. The summed E-state index contributed by atoms with van der Waals surface area (Å²) in [6, 6.07) is 7.72. The van der Waals surface area contributed by atoms with Crippen molar-refractivity contribution in [3.8, 4) is 0 Å². The maximum atomic E-state index is 11.9. The van der Waals surface area contributed by atoms with Crippen molar-refractivity contribution in [2.75, 3.05) is 13.1 Å². The molecule has 0 aliphatic rings. The molecule has 1 N–H and O–H groups in total. The predicted molar refractivity (Wildman–Crippen MR) is 76.3 cm³/mol. The van der Waals surface area contributed by atoms with Crippen LogP contribution in [0.25, 0.3) is 0 Å². The number of carbonyl (C=O) groups excluding carboxylic acids is 1. The lowest BCUT2D eigenvalue weighted by Gasteiger charge is -2.18. The van der Waals surface area contributed by atoms with Gasteiger partial charge in [-0.3, -0.25) is 4.79 Å².